The third-order valence-electron chi connectivity index (χ3n) is 4.48. The van der Waals surface area contributed by atoms with E-state index in [0.29, 0.717) is 5.69 Å². The van der Waals surface area contributed by atoms with Gasteiger partial charge in [0, 0.05) is 0 Å². The van der Waals surface area contributed by atoms with E-state index in [1.54, 1.807) is 0 Å². The van der Waals surface area contributed by atoms with Crippen LogP contribution in [0.5, 0.6) is 0 Å². The first-order chi connectivity index (χ1) is 9.77. The molecule has 1 saturated heterocycles. The number of imide groups is 1. The Balaban J connectivity index is 0.000000581. The van der Waals surface area contributed by atoms with Crippen molar-refractivity contribution < 1.29 is 9.59 Å². The van der Waals surface area contributed by atoms with Crippen molar-refractivity contribution in [2.75, 3.05) is 4.90 Å². The molecule has 104 valence electrons. The highest BCUT2D eigenvalue weighted by atomic mass is 16.2. The first-order valence-corrected chi connectivity index (χ1v) is 7.38. The molecule has 0 radical (unpaired) electrons. The van der Waals surface area contributed by atoms with Gasteiger partial charge in [0.05, 0.1) is 17.5 Å². The van der Waals surface area contributed by atoms with Gasteiger partial charge in [-0.1, -0.05) is 44.2 Å². The second-order valence-corrected chi connectivity index (χ2v) is 5.35. The fraction of sp³-hybridized carbons (Fsp3) is 0.412. The zero-order chi connectivity index (χ0) is 14.3. The molecule has 20 heavy (non-hydrogen) atoms. The number of hydrogen-bond donors (Lipinski definition) is 0. The summed E-state index contributed by atoms with van der Waals surface area (Å²) in [6, 6.07) is 9.26. The second kappa shape index (κ2) is 4.89. The molecule has 2 amide bonds. The van der Waals surface area contributed by atoms with Crippen LogP contribution in [-0.2, 0) is 9.59 Å². The fourth-order valence-electron chi connectivity index (χ4n) is 3.73. The molecular weight excluding hydrogens is 250 g/mol. The molecule has 2 aliphatic carbocycles. The van der Waals surface area contributed by atoms with Gasteiger partial charge in [-0.15, -0.1) is 0 Å². The lowest BCUT2D eigenvalue weighted by atomic mass is 9.85. The topological polar surface area (TPSA) is 37.4 Å². The van der Waals surface area contributed by atoms with E-state index >= 15 is 0 Å². The molecule has 2 fully saturated rings. The first kappa shape index (κ1) is 13.1. The number of carbonyl (C=O) groups excluding carboxylic acids is 2. The minimum Gasteiger partial charge on any atom is -0.274 e. The summed E-state index contributed by atoms with van der Waals surface area (Å²) in [4.78, 5) is 26.3. The second-order valence-electron chi connectivity index (χ2n) is 5.35. The highest BCUT2D eigenvalue weighted by Gasteiger charge is 2.59. The van der Waals surface area contributed by atoms with Gasteiger partial charge in [-0.25, -0.2) is 0 Å². The van der Waals surface area contributed by atoms with Gasteiger partial charge in [-0.3, -0.25) is 14.5 Å². The highest BCUT2D eigenvalue weighted by Crippen LogP contribution is 2.53. The number of rotatable bonds is 1. The molecule has 3 heteroatoms. The molecule has 1 aromatic rings. The van der Waals surface area contributed by atoms with Crippen molar-refractivity contribution in [2.45, 2.75) is 20.3 Å². The summed E-state index contributed by atoms with van der Waals surface area (Å²) in [6.45, 7) is 4.00. The lowest BCUT2D eigenvalue weighted by Crippen LogP contribution is -2.32. The van der Waals surface area contributed by atoms with Crippen LogP contribution in [0.15, 0.2) is 42.5 Å². The number of anilines is 1. The molecule has 4 atom stereocenters. The van der Waals surface area contributed by atoms with Gasteiger partial charge in [0.1, 0.15) is 0 Å². The van der Waals surface area contributed by atoms with E-state index in [2.05, 4.69) is 12.2 Å². The van der Waals surface area contributed by atoms with Crippen molar-refractivity contribution in [3.8, 4) is 0 Å². The molecule has 1 heterocycles. The van der Waals surface area contributed by atoms with Gasteiger partial charge in [-0.2, -0.15) is 0 Å². The summed E-state index contributed by atoms with van der Waals surface area (Å²) in [5.41, 5.74) is 0.710. The maximum atomic E-state index is 12.5. The van der Waals surface area contributed by atoms with Crippen molar-refractivity contribution in [3.63, 3.8) is 0 Å². The quantitative estimate of drug-likeness (QED) is 0.580. The van der Waals surface area contributed by atoms with Crippen LogP contribution in [0.1, 0.15) is 20.3 Å². The number of fused-ring (bicyclic) bond motifs is 5. The maximum absolute atomic E-state index is 12.5. The fourth-order valence-corrected chi connectivity index (χ4v) is 3.73. The van der Waals surface area contributed by atoms with Crippen molar-refractivity contribution in [2.24, 2.45) is 23.7 Å². The summed E-state index contributed by atoms with van der Waals surface area (Å²) < 4.78 is 0. The monoisotopic (exact) mass is 269 g/mol. The largest absolute Gasteiger partial charge is 0.274 e. The average Bonchev–Trinajstić information content (AvgIpc) is 3.16. The summed E-state index contributed by atoms with van der Waals surface area (Å²) in [6.07, 6.45) is 5.21. The van der Waals surface area contributed by atoms with E-state index in [-0.39, 0.29) is 35.5 Å². The Labute approximate surface area is 119 Å². The predicted octanol–water partition coefficient (Wildman–Crippen LogP) is 3.02. The van der Waals surface area contributed by atoms with Crippen LogP contribution in [0.2, 0.25) is 0 Å². The van der Waals surface area contributed by atoms with Crippen molar-refractivity contribution in [1.29, 1.82) is 0 Å². The lowest BCUT2D eigenvalue weighted by Gasteiger charge is -2.16. The number of hydrogen-bond acceptors (Lipinski definition) is 2. The number of para-hydroxylation sites is 1. The molecule has 1 aliphatic heterocycles. The molecule has 2 bridgehead atoms. The lowest BCUT2D eigenvalue weighted by molar-refractivity contribution is -0.123. The zero-order valence-electron chi connectivity index (χ0n) is 11.8. The van der Waals surface area contributed by atoms with Crippen LogP contribution < -0.4 is 4.90 Å². The Morgan fingerprint density at radius 1 is 0.900 bits per heavy atom. The molecule has 4 rings (SSSR count). The van der Waals surface area contributed by atoms with Crippen LogP contribution in [-0.4, -0.2) is 11.8 Å². The van der Waals surface area contributed by atoms with Gasteiger partial charge in [0.25, 0.3) is 0 Å². The Morgan fingerprint density at radius 2 is 1.40 bits per heavy atom. The molecule has 1 saturated carbocycles. The van der Waals surface area contributed by atoms with Crippen LogP contribution in [0.4, 0.5) is 5.69 Å². The van der Waals surface area contributed by atoms with Gasteiger partial charge < -0.3 is 0 Å². The van der Waals surface area contributed by atoms with Crippen molar-refractivity contribution >= 4 is 17.5 Å². The van der Waals surface area contributed by atoms with Gasteiger partial charge >= 0.3 is 0 Å². The smallest absolute Gasteiger partial charge is 0.238 e. The minimum atomic E-state index is -0.104. The van der Waals surface area contributed by atoms with Crippen LogP contribution in [0, 0.1) is 23.7 Å². The van der Waals surface area contributed by atoms with Gasteiger partial charge in [0.2, 0.25) is 11.8 Å². The van der Waals surface area contributed by atoms with E-state index in [0.717, 1.165) is 6.42 Å². The van der Waals surface area contributed by atoms with Gasteiger partial charge in [-0.05, 0) is 30.4 Å². The molecule has 3 nitrogen and oxygen atoms in total. The molecule has 0 aromatic heterocycles. The number of nitrogens with zero attached hydrogens (tertiary/aromatic N) is 1. The minimum absolute atomic E-state index is 0.00644. The first-order valence-electron chi connectivity index (χ1n) is 7.38. The zero-order valence-corrected chi connectivity index (χ0v) is 11.8. The standard InChI is InChI=1S/C15H13NO2.C2H6/c17-14-12-9-6-7-10(8-9)13(12)15(18)16(14)11-4-2-1-3-5-11;1-2/h1-7,9-10,12-13H,8H2;1-2H3. The number of benzene rings is 1. The van der Waals surface area contributed by atoms with E-state index in [4.69, 9.17) is 0 Å². The Kier molecular flexibility index (Phi) is 3.20. The molecule has 0 N–H and O–H groups in total. The average molecular weight is 269 g/mol. The summed E-state index contributed by atoms with van der Waals surface area (Å²) in [7, 11) is 0. The summed E-state index contributed by atoms with van der Waals surface area (Å²) in [5, 5.41) is 0. The summed E-state index contributed by atoms with van der Waals surface area (Å²) in [5.74, 6) is 0.344. The highest BCUT2D eigenvalue weighted by molar-refractivity contribution is 6.22. The van der Waals surface area contributed by atoms with E-state index in [9.17, 15) is 9.59 Å². The molecular formula is C17H19NO2. The molecule has 4 unspecified atom stereocenters. The molecule has 1 aromatic carbocycles. The van der Waals surface area contributed by atoms with Gasteiger partial charge in [0.15, 0.2) is 0 Å². The number of amides is 2. The van der Waals surface area contributed by atoms with E-state index in [1.807, 2.05) is 44.2 Å². The number of allylic oxidation sites excluding steroid dienone is 2. The third kappa shape index (κ3) is 1.65. The molecule has 0 spiro atoms. The van der Waals surface area contributed by atoms with Crippen LogP contribution in [0.3, 0.4) is 0 Å². The van der Waals surface area contributed by atoms with E-state index < -0.39 is 0 Å². The van der Waals surface area contributed by atoms with Crippen LogP contribution >= 0.6 is 0 Å². The van der Waals surface area contributed by atoms with Crippen molar-refractivity contribution in [1.82, 2.24) is 0 Å². The third-order valence-corrected chi connectivity index (χ3v) is 4.48. The normalized spacial score (nSPS) is 33.2. The Hall–Kier alpha value is -1.90. The Morgan fingerprint density at radius 3 is 1.90 bits per heavy atom. The number of carbonyl (C=O) groups is 2. The Bertz CT molecular complexity index is 534. The summed E-state index contributed by atoms with van der Waals surface area (Å²) >= 11 is 0. The SMILES string of the molecule is CC.O=C1C2C3C=CC(C3)C2C(=O)N1c1ccccc1. The van der Waals surface area contributed by atoms with Crippen molar-refractivity contribution in [3.05, 3.63) is 42.5 Å². The van der Waals surface area contributed by atoms with E-state index in [1.165, 1.54) is 4.90 Å². The predicted molar refractivity (Wildman–Crippen MR) is 78.0 cm³/mol. The molecule has 3 aliphatic rings. The van der Waals surface area contributed by atoms with Crippen LogP contribution in [0.25, 0.3) is 0 Å². The maximum Gasteiger partial charge on any atom is 0.238 e.